The number of rotatable bonds is 3. The Bertz CT molecular complexity index is 711. The summed E-state index contributed by atoms with van der Waals surface area (Å²) in [7, 11) is 0. The Morgan fingerprint density at radius 1 is 1.30 bits per heavy atom. The highest BCUT2D eigenvalue weighted by atomic mass is 79.9. The first-order valence-electron chi connectivity index (χ1n) is 5.68. The lowest BCUT2D eigenvalue weighted by atomic mass is 9.91. The monoisotopic (exact) mass is 351 g/mol. The van der Waals surface area contributed by atoms with Gasteiger partial charge in [0.2, 0.25) is 0 Å². The molecule has 20 heavy (non-hydrogen) atoms. The van der Waals surface area contributed by atoms with Crippen LogP contribution in [0, 0.1) is 17.1 Å². The van der Waals surface area contributed by atoms with Crippen LogP contribution in [0.25, 0.3) is 0 Å². The van der Waals surface area contributed by atoms with Gasteiger partial charge in [0, 0.05) is 15.6 Å². The molecule has 2 rings (SSSR count). The van der Waals surface area contributed by atoms with E-state index in [-0.39, 0.29) is 5.56 Å². The molecule has 2 aromatic carbocycles. The molecule has 0 amide bonds. The summed E-state index contributed by atoms with van der Waals surface area (Å²) < 4.78 is 14.3. The minimum Gasteiger partial charge on any atom is -0.292 e. The van der Waals surface area contributed by atoms with E-state index < -0.39 is 17.5 Å². The van der Waals surface area contributed by atoms with Gasteiger partial charge in [0.25, 0.3) is 0 Å². The Balaban J connectivity index is 2.42. The van der Waals surface area contributed by atoms with Crippen molar-refractivity contribution in [3.8, 4) is 6.07 Å². The van der Waals surface area contributed by atoms with Crippen molar-refractivity contribution < 1.29 is 9.18 Å². The second-order valence-electron chi connectivity index (χ2n) is 4.08. The number of ketones is 1. The highest BCUT2D eigenvalue weighted by Gasteiger charge is 2.24. The summed E-state index contributed by atoms with van der Waals surface area (Å²) in [6, 6.07) is 12.2. The summed E-state index contributed by atoms with van der Waals surface area (Å²) in [5, 5.41) is 9.64. The summed E-state index contributed by atoms with van der Waals surface area (Å²) in [4.78, 5) is 12.3. The molecule has 100 valence electrons. The number of Topliss-reactive ketones (excluding diaryl/α,β-unsaturated/α-hetero) is 1. The number of halogens is 3. The van der Waals surface area contributed by atoms with Gasteiger partial charge in [0.1, 0.15) is 11.7 Å². The van der Waals surface area contributed by atoms with E-state index in [9.17, 15) is 14.4 Å². The van der Waals surface area contributed by atoms with Gasteiger partial charge in [0.05, 0.1) is 11.1 Å². The lowest BCUT2D eigenvalue weighted by Crippen LogP contribution is -2.12. The van der Waals surface area contributed by atoms with E-state index in [1.807, 2.05) is 6.07 Å². The fourth-order valence-electron chi connectivity index (χ4n) is 1.79. The molecule has 0 aliphatic heterocycles. The maximum atomic E-state index is 13.7. The zero-order chi connectivity index (χ0) is 14.7. The molecule has 0 saturated carbocycles. The van der Waals surface area contributed by atoms with Gasteiger partial charge in [-0.2, -0.15) is 5.26 Å². The molecule has 0 fully saturated rings. The lowest BCUT2D eigenvalue weighted by molar-refractivity contribution is 0.0977. The van der Waals surface area contributed by atoms with Crippen molar-refractivity contribution in [2.24, 2.45) is 0 Å². The second kappa shape index (κ2) is 6.17. The summed E-state index contributed by atoms with van der Waals surface area (Å²) in [6.45, 7) is 0. The molecule has 0 aromatic heterocycles. The predicted octanol–water partition coefficient (Wildman–Crippen LogP) is 4.73. The van der Waals surface area contributed by atoms with E-state index in [0.717, 1.165) is 0 Å². The molecule has 1 atom stereocenters. The highest BCUT2D eigenvalue weighted by Crippen LogP contribution is 2.27. The van der Waals surface area contributed by atoms with E-state index in [1.165, 1.54) is 30.3 Å². The van der Waals surface area contributed by atoms with Crippen molar-refractivity contribution in [3.05, 3.63) is 68.9 Å². The zero-order valence-corrected chi connectivity index (χ0v) is 12.5. The van der Waals surface area contributed by atoms with E-state index in [0.29, 0.717) is 15.1 Å². The van der Waals surface area contributed by atoms with E-state index >= 15 is 0 Å². The Morgan fingerprint density at radius 3 is 2.60 bits per heavy atom. The van der Waals surface area contributed by atoms with Crippen LogP contribution in [0.15, 0.2) is 46.9 Å². The lowest BCUT2D eigenvalue weighted by Gasteiger charge is -2.10. The van der Waals surface area contributed by atoms with Crippen LogP contribution >= 0.6 is 27.5 Å². The van der Waals surface area contributed by atoms with Crippen LogP contribution in [0.2, 0.25) is 5.02 Å². The van der Waals surface area contributed by atoms with E-state index in [1.54, 1.807) is 12.1 Å². The van der Waals surface area contributed by atoms with Crippen LogP contribution in [-0.4, -0.2) is 5.78 Å². The van der Waals surface area contributed by atoms with Gasteiger partial charge >= 0.3 is 0 Å². The molecule has 5 heteroatoms. The number of benzene rings is 2. The molecule has 0 heterocycles. The van der Waals surface area contributed by atoms with Crippen LogP contribution < -0.4 is 0 Å². The van der Waals surface area contributed by atoms with Gasteiger partial charge in [-0.15, -0.1) is 0 Å². The number of hydrogen-bond donors (Lipinski definition) is 0. The molecule has 0 aliphatic rings. The average molecular weight is 353 g/mol. The first-order chi connectivity index (χ1) is 9.54. The molecule has 0 saturated heterocycles. The van der Waals surface area contributed by atoms with Gasteiger partial charge in [0.15, 0.2) is 5.78 Å². The van der Waals surface area contributed by atoms with Crippen molar-refractivity contribution in [1.29, 1.82) is 5.26 Å². The molecule has 0 aliphatic carbocycles. The fraction of sp³-hybridized carbons (Fsp3) is 0.0667. The summed E-state index contributed by atoms with van der Waals surface area (Å²) in [5.41, 5.74) is 0.377. The Hall–Kier alpha value is -1.70. The summed E-state index contributed by atoms with van der Waals surface area (Å²) >= 11 is 9.07. The van der Waals surface area contributed by atoms with Crippen molar-refractivity contribution in [3.63, 3.8) is 0 Å². The fourth-order valence-corrected chi connectivity index (χ4v) is 2.29. The zero-order valence-electron chi connectivity index (χ0n) is 10.1. The topological polar surface area (TPSA) is 40.9 Å². The summed E-state index contributed by atoms with van der Waals surface area (Å²) in [6.07, 6.45) is 0. The maximum absolute atomic E-state index is 13.7. The number of nitrogens with zero attached hydrogens (tertiary/aromatic N) is 1. The third-order valence-electron chi connectivity index (χ3n) is 2.81. The van der Waals surface area contributed by atoms with Gasteiger partial charge < -0.3 is 0 Å². The number of nitriles is 1. The minimum atomic E-state index is -1.18. The van der Waals surface area contributed by atoms with Gasteiger partial charge in [-0.1, -0.05) is 29.8 Å². The first kappa shape index (κ1) is 14.7. The average Bonchev–Trinajstić information content (AvgIpc) is 2.44. The van der Waals surface area contributed by atoms with Crippen LogP contribution in [-0.2, 0) is 0 Å². The third kappa shape index (κ3) is 2.90. The maximum Gasteiger partial charge on any atom is 0.184 e. The van der Waals surface area contributed by atoms with Crippen LogP contribution in [0.1, 0.15) is 21.8 Å². The first-order valence-corrected chi connectivity index (χ1v) is 6.85. The molecule has 2 aromatic rings. The molecular weight excluding hydrogens is 345 g/mol. The molecule has 0 N–H and O–H groups in total. The predicted molar refractivity (Wildman–Crippen MR) is 78.2 cm³/mol. The van der Waals surface area contributed by atoms with Crippen molar-refractivity contribution >= 4 is 33.3 Å². The van der Waals surface area contributed by atoms with Crippen molar-refractivity contribution in [2.45, 2.75) is 5.92 Å². The minimum absolute atomic E-state index is 0.0751. The van der Waals surface area contributed by atoms with Crippen LogP contribution in [0.5, 0.6) is 0 Å². The SMILES string of the molecule is N#CC(C(=O)c1ccc(Cl)c(Br)c1)c1ccccc1F. The molecule has 0 radical (unpaired) electrons. The Morgan fingerprint density at radius 2 is 2.00 bits per heavy atom. The third-order valence-corrected chi connectivity index (χ3v) is 4.03. The number of carbonyl (C=O) groups excluding carboxylic acids is 1. The molecule has 1 unspecified atom stereocenters. The Kier molecular flexibility index (Phi) is 4.53. The molecular formula is C15H8BrClFNO. The number of hydrogen-bond acceptors (Lipinski definition) is 2. The van der Waals surface area contributed by atoms with Crippen molar-refractivity contribution in [1.82, 2.24) is 0 Å². The molecule has 0 spiro atoms. The van der Waals surface area contributed by atoms with Crippen LogP contribution in [0.4, 0.5) is 4.39 Å². The number of carbonyl (C=O) groups is 1. The summed E-state index contributed by atoms with van der Waals surface area (Å²) in [5.74, 6) is -2.21. The van der Waals surface area contributed by atoms with Crippen molar-refractivity contribution in [2.75, 3.05) is 0 Å². The smallest absolute Gasteiger partial charge is 0.184 e. The molecule has 2 nitrogen and oxygen atoms in total. The van der Waals surface area contributed by atoms with E-state index in [4.69, 9.17) is 11.6 Å². The van der Waals surface area contributed by atoms with E-state index in [2.05, 4.69) is 15.9 Å². The highest BCUT2D eigenvalue weighted by molar-refractivity contribution is 9.10. The van der Waals surface area contributed by atoms with Gasteiger partial charge in [-0.05, 0) is 40.2 Å². The van der Waals surface area contributed by atoms with Crippen LogP contribution in [0.3, 0.4) is 0 Å². The Labute approximate surface area is 128 Å². The standard InChI is InChI=1S/C15H8BrClFNO/c16-12-7-9(5-6-13(12)17)15(20)11(8-19)10-3-1-2-4-14(10)18/h1-7,11H. The second-order valence-corrected chi connectivity index (χ2v) is 5.34. The normalized spacial score (nSPS) is 11.7. The van der Waals surface area contributed by atoms with Gasteiger partial charge in [-0.25, -0.2) is 4.39 Å². The largest absolute Gasteiger partial charge is 0.292 e. The van der Waals surface area contributed by atoms with Gasteiger partial charge in [-0.3, -0.25) is 4.79 Å². The quantitative estimate of drug-likeness (QED) is 0.749. The molecule has 0 bridgehead atoms.